The van der Waals surface area contributed by atoms with Crippen molar-refractivity contribution >= 4 is 17.9 Å². The smallest absolute Gasteiger partial charge is 0.333 e. The van der Waals surface area contributed by atoms with Gasteiger partial charge in [-0.3, -0.25) is 4.79 Å². The van der Waals surface area contributed by atoms with E-state index < -0.39 is 79.3 Å². The van der Waals surface area contributed by atoms with Crippen molar-refractivity contribution < 1.29 is 62.9 Å². The van der Waals surface area contributed by atoms with Gasteiger partial charge in [0.15, 0.2) is 36.1 Å². The second kappa shape index (κ2) is 16.1. The Morgan fingerprint density at radius 3 is 1.85 bits per heavy atom. The van der Waals surface area contributed by atoms with Crippen LogP contribution in [0.5, 0.6) is 11.5 Å². The zero-order valence-corrected chi connectivity index (χ0v) is 28.6. The predicted octanol–water partition coefficient (Wildman–Crippen LogP) is 3.49. The van der Waals surface area contributed by atoms with Gasteiger partial charge in [0, 0.05) is 23.6 Å². The molecule has 13 nitrogen and oxygen atoms in total. The normalized spacial score (nSPS) is 31.7. The summed E-state index contributed by atoms with van der Waals surface area (Å²) in [6.45, 7) is 16.2. The number of ether oxygens (including phenoxy) is 7. The minimum absolute atomic E-state index is 0.0861. The van der Waals surface area contributed by atoms with Gasteiger partial charge >= 0.3 is 17.9 Å². The zero-order chi connectivity index (χ0) is 35.3. The molecule has 0 aliphatic carbocycles. The summed E-state index contributed by atoms with van der Waals surface area (Å²) in [5, 5.41) is 33.2. The van der Waals surface area contributed by atoms with Gasteiger partial charge in [-0.15, -0.1) is 0 Å². The molecule has 2 saturated heterocycles. The summed E-state index contributed by atoms with van der Waals surface area (Å²) in [6, 6.07) is 3.55. The monoisotopic (exact) mass is 664 g/mol. The number of hydrogen-bond donors (Lipinski definition) is 3. The summed E-state index contributed by atoms with van der Waals surface area (Å²) >= 11 is 0. The van der Waals surface area contributed by atoms with Gasteiger partial charge in [0.2, 0.25) is 6.29 Å². The Morgan fingerprint density at radius 2 is 1.32 bits per heavy atom. The third-order valence-corrected chi connectivity index (χ3v) is 8.31. The van der Waals surface area contributed by atoms with Crippen LogP contribution in [0.3, 0.4) is 0 Å². The first-order valence-electron chi connectivity index (χ1n) is 15.7. The number of aromatic hydroxyl groups is 1. The number of aliphatic hydroxyl groups excluding tert-OH is 2. The number of aliphatic hydroxyl groups is 2. The number of benzene rings is 1. The van der Waals surface area contributed by atoms with E-state index in [2.05, 4.69) is 0 Å². The number of allylic oxidation sites excluding steroid dienone is 2. The van der Waals surface area contributed by atoms with Gasteiger partial charge in [0.1, 0.15) is 18.3 Å². The Hall–Kier alpha value is -3.49. The van der Waals surface area contributed by atoms with Crippen molar-refractivity contribution in [2.75, 3.05) is 0 Å². The number of hydrogen-bond acceptors (Lipinski definition) is 13. The molecule has 0 amide bonds. The maximum Gasteiger partial charge on any atom is 0.333 e. The van der Waals surface area contributed by atoms with Crippen molar-refractivity contribution in [2.45, 2.75) is 137 Å². The number of phenolic OH excluding ortho intramolecular Hbond substituents is 1. The van der Waals surface area contributed by atoms with Crippen molar-refractivity contribution in [2.24, 2.45) is 0 Å². The van der Waals surface area contributed by atoms with Crippen molar-refractivity contribution in [1.82, 2.24) is 0 Å². The van der Waals surface area contributed by atoms with Crippen LogP contribution in [0.4, 0.5) is 0 Å². The molecular formula is C34H48O13. The van der Waals surface area contributed by atoms with Crippen LogP contribution in [0.15, 0.2) is 35.4 Å². The summed E-state index contributed by atoms with van der Waals surface area (Å²) in [7, 11) is 0. The molecule has 2 aliphatic heterocycles. The first-order valence-corrected chi connectivity index (χ1v) is 15.7. The highest BCUT2D eigenvalue weighted by atomic mass is 16.8. The first-order chi connectivity index (χ1) is 22.0. The predicted molar refractivity (Wildman–Crippen MR) is 167 cm³/mol. The second-order valence-electron chi connectivity index (χ2n) is 12.2. The Balaban J connectivity index is 2.06. The molecule has 0 radical (unpaired) electrons. The van der Waals surface area contributed by atoms with E-state index >= 15 is 0 Å². The summed E-state index contributed by atoms with van der Waals surface area (Å²) in [5.74, 6) is -2.28. The zero-order valence-electron chi connectivity index (χ0n) is 28.6. The first kappa shape index (κ1) is 38.0. The third kappa shape index (κ3) is 8.71. The Labute approximate surface area is 275 Å². The lowest BCUT2D eigenvalue weighted by Crippen LogP contribution is -2.65. The molecule has 2 fully saturated rings. The molecule has 47 heavy (non-hydrogen) atoms. The van der Waals surface area contributed by atoms with Gasteiger partial charge in [-0.2, -0.15) is 0 Å². The van der Waals surface area contributed by atoms with Gasteiger partial charge in [-0.25, -0.2) is 9.59 Å². The van der Waals surface area contributed by atoms with Gasteiger partial charge < -0.3 is 48.5 Å². The number of aryl methyl sites for hydroxylation is 1. The standard InChI is InChI=1S/C34H48O13/c1-11-16(5)31(39)44-26-19(8)41-33(25(38)24(26)37)47-29-27(43-21(10)35)20(9)42-34(30(29)45-32(40)17(6)12-2)46-28-22(15(3)4)14-13-18(7)23(28)36/h11-15,19-20,24-27,29-30,33-34,36-38H,1-10H3/b16-11-,17-12-/t19-,20-,24-,25-,26+,27+,29+,30-,33+,34+/m1/s1. The number of esters is 3. The second-order valence-corrected chi connectivity index (χ2v) is 12.2. The van der Waals surface area contributed by atoms with Gasteiger partial charge in [-0.05, 0) is 59.9 Å². The number of rotatable bonds is 10. The minimum atomic E-state index is -1.76. The van der Waals surface area contributed by atoms with Crippen molar-refractivity contribution in [3.05, 3.63) is 46.6 Å². The number of carbonyl (C=O) groups is 3. The van der Waals surface area contributed by atoms with E-state index in [-0.39, 0.29) is 23.0 Å². The fourth-order valence-electron chi connectivity index (χ4n) is 5.19. The molecule has 2 heterocycles. The van der Waals surface area contributed by atoms with E-state index in [1.54, 1.807) is 52.8 Å². The highest BCUT2D eigenvalue weighted by molar-refractivity contribution is 5.88. The fourth-order valence-corrected chi connectivity index (χ4v) is 5.19. The van der Waals surface area contributed by atoms with Crippen LogP contribution in [0.2, 0.25) is 0 Å². The lowest BCUT2D eigenvalue weighted by atomic mass is 9.96. The van der Waals surface area contributed by atoms with E-state index in [0.29, 0.717) is 16.7 Å². The SMILES string of the molecule is C/C=C(/C)C(=O)O[C@@H]1[C@H](O)[C@@H](O)[C@H](O[C@H]2[C@@H](OC(C)=O)[C@@H](C)O[C@@H](Oc3c(C(C)C)ccc(C)c3O)[C@@H]2OC(=O)/C(C)=C\C)O[C@@H]1C. The Kier molecular flexibility index (Phi) is 13.0. The van der Waals surface area contributed by atoms with Crippen molar-refractivity contribution in [3.63, 3.8) is 0 Å². The van der Waals surface area contributed by atoms with Gasteiger partial charge in [-0.1, -0.05) is 38.1 Å². The molecule has 0 saturated carbocycles. The molecule has 10 atom stereocenters. The van der Waals surface area contributed by atoms with Crippen LogP contribution < -0.4 is 4.74 Å². The van der Waals surface area contributed by atoms with Gasteiger partial charge in [0.05, 0.1) is 12.2 Å². The molecule has 13 heteroatoms. The van der Waals surface area contributed by atoms with Crippen LogP contribution >= 0.6 is 0 Å². The summed E-state index contributed by atoms with van der Waals surface area (Å²) in [6.07, 6.45) is -10.5. The van der Waals surface area contributed by atoms with Crippen molar-refractivity contribution in [3.8, 4) is 11.5 Å². The van der Waals surface area contributed by atoms with E-state index in [0.717, 1.165) is 0 Å². The molecule has 2 aliphatic rings. The molecular weight excluding hydrogens is 616 g/mol. The molecule has 3 rings (SSSR count). The summed E-state index contributed by atoms with van der Waals surface area (Å²) < 4.78 is 41.4. The van der Waals surface area contributed by atoms with Crippen LogP contribution in [-0.4, -0.2) is 94.6 Å². The largest absolute Gasteiger partial charge is 0.504 e. The van der Waals surface area contributed by atoms with Crippen molar-refractivity contribution in [1.29, 1.82) is 0 Å². The molecule has 0 bridgehead atoms. The molecule has 1 aromatic carbocycles. The quantitative estimate of drug-likeness (QED) is 0.188. The highest BCUT2D eigenvalue weighted by Gasteiger charge is 2.54. The molecule has 3 N–H and O–H groups in total. The molecule has 1 aromatic rings. The van der Waals surface area contributed by atoms with E-state index in [1.165, 1.54) is 26.8 Å². The maximum atomic E-state index is 13.2. The Bertz CT molecular complexity index is 1350. The summed E-state index contributed by atoms with van der Waals surface area (Å²) in [4.78, 5) is 37.9. The van der Waals surface area contributed by atoms with Gasteiger partial charge in [0.25, 0.3) is 0 Å². The van der Waals surface area contributed by atoms with Crippen LogP contribution in [0.1, 0.15) is 79.4 Å². The average Bonchev–Trinajstić information content (AvgIpc) is 3.01. The maximum absolute atomic E-state index is 13.2. The number of carbonyl (C=O) groups excluding carboxylic acids is 3. The van der Waals surface area contributed by atoms with Crippen LogP contribution in [-0.2, 0) is 42.8 Å². The molecule has 262 valence electrons. The lowest BCUT2D eigenvalue weighted by molar-refractivity contribution is -0.348. The van der Waals surface area contributed by atoms with E-state index in [1.807, 2.05) is 13.8 Å². The minimum Gasteiger partial charge on any atom is -0.504 e. The molecule has 0 aromatic heterocycles. The third-order valence-electron chi connectivity index (χ3n) is 8.31. The topological polar surface area (TPSA) is 177 Å². The Morgan fingerprint density at radius 1 is 0.787 bits per heavy atom. The average molecular weight is 665 g/mol. The molecule has 0 spiro atoms. The fraction of sp³-hybridized carbons (Fsp3) is 0.618. The highest BCUT2D eigenvalue weighted by Crippen LogP contribution is 2.41. The number of phenols is 1. The van der Waals surface area contributed by atoms with Crippen LogP contribution in [0, 0.1) is 6.92 Å². The van der Waals surface area contributed by atoms with E-state index in [9.17, 15) is 29.7 Å². The molecule has 0 unspecified atom stereocenters. The lowest BCUT2D eigenvalue weighted by Gasteiger charge is -2.47. The van der Waals surface area contributed by atoms with E-state index in [4.69, 9.17) is 33.2 Å². The summed E-state index contributed by atoms with van der Waals surface area (Å²) in [5.41, 5.74) is 1.71. The van der Waals surface area contributed by atoms with Crippen LogP contribution in [0.25, 0.3) is 0 Å².